The Kier molecular flexibility index (Phi) is 1.84. The van der Waals surface area contributed by atoms with Crippen molar-refractivity contribution >= 4 is 17.5 Å². The van der Waals surface area contributed by atoms with Gasteiger partial charge in [-0.1, -0.05) is 6.07 Å². The first-order chi connectivity index (χ1) is 6.34. The summed E-state index contributed by atoms with van der Waals surface area (Å²) in [5.41, 5.74) is 5.51. The highest BCUT2D eigenvalue weighted by molar-refractivity contribution is 5.52. The predicted octanol–water partition coefficient (Wildman–Crippen LogP) is 1.13. The molecule has 0 aromatic carbocycles. The van der Waals surface area contributed by atoms with Crippen molar-refractivity contribution in [1.29, 1.82) is 0 Å². The number of hydrogen-bond acceptors (Lipinski definition) is 4. The van der Waals surface area contributed by atoms with Crippen molar-refractivity contribution in [3.8, 4) is 0 Å². The highest BCUT2D eigenvalue weighted by atomic mass is 15.2. The highest BCUT2D eigenvalue weighted by Gasteiger charge is 1.95. The van der Waals surface area contributed by atoms with Crippen LogP contribution in [-0.4, -0.2) is 15.2 Å². The van der Waals surface area contributed by atoms with E-state index in [-0.39, 0.29) is 0 Å². The molecule has 0 unspecified atom stereocenters. The third kappa shape index (κ3) is 1.76. The fourth-order valence-electron chi connectivity index (χ4n) is 0.985. The van der Waals surface area contributed by atoms with Gasteiger partial charge in [-0.2, -0.15) is 5.10 Å². The van der Waals surface area contributed by atoms with Crippen molar-refractivity contribution in [2.75, 3.05) is 11.1 Å². The van der Waals surface area contributed by atoms with Crippen molar-refractivity contribution in [3.63, 3.8) is 0 Å². The minimum Gasteiger partial charge on any atom is -0.384 e. The van der Waals surface area contributed by atoms with E-state index in [9.17, 15) is 0 Å². The predicted molar refractivity (Wildman–Crippen MR) is 50.5 cm³/mol. The number of nitrogens with zero attached hydrogens (tertiary/aromatic N) is 2. The van der Waals surface area contributed by atoms with Crippen LogP contribution in [0.2, 0.25) is 0 Å². The largest absolute Gasteiger partial charge is 0.384 e. The number of anilines is 3. The van der Waals surface area contributed by atoms with Crippen molar-refractivity contribution < 1.29 is 0 Å². The Labute approximate surface area is 75.0 Å². The van der Waals surface area contributed by atoms with Gasteiger partial charge >= 0.3 is 0 Å². The summed E-state index contributed by atoms with van der Waals surface area (Å²) in [7, 11) is 0. The van der Waals surface area contributed by atoms with Gasteiger partial charge in [-0.15, -0.1) is 0 Å². The number of pyridine rings is 1. The van der Waals surface area contributed by atoms with E-state index in [4.69, 9.17) is 5.73 Å². The summed E-state index contributed by atoms with van der Waals surface area (Å²) in [6.07, 6.45) is 1.66. The average molecular weight is 175 g/mol. The monoisotopic (exact) mass is 175 g/mol. The fraction of sp³-hybridized carbons (Fsp3) is 0. The van der Waals surface area contributed by atoms with Crippen LogP contribution in [0.3, 0.4) is 0 Å². The van der Waals surface area contributed by atoms with E-state index in [1.807, 2.05) is 18.2 Å². The first-order valence-corrected chi connectivity index (χ1v) is 3.83. The van der Waals surface area contributed by atoms with Gasteiger partial charge in [0.25, 0.3) is 0 Å². The van der Waals surface area contributed by atoms with Gasteiger partial charge in [0.2, 0.25) is 0 Å². The molecule has 0 atom stereocenters. The lowest BCUT2D eigenvalue weighted by atomic mass is 10.4. The van der Waals surface area contributed by atoms with Gasteiger partial charge in [-0.05, 0) is 12.1 Å². The average Bonchev–Trinajstić information content (AvgIpc) is 2.57. The summed E-state index contributed by atoms with van der Waals surface area (Å²) in [5, 5.41) is 9.57. The minimum atomic E-state index is 0.490. The lowest BCUT2D eigenvalue weighted by Gasteiger charge is -2.01. The van der Waals surface area contributed by atoms with Crippen molar-refractivity contribution in [3.05, 3.63) is 30.5 Å². The molecule has 0 aliphatic rings. The second-order valence-electron chi connectivity index (χ2n) is 2.54. The van der Waals surface area contributed by atoms with E-state index in [1.54, 1.807) is 12.3 Å². The number of nitrogen functional groups attached to an aromatic ring is 1. The number of nitrogens with one attached hydrogen (secondary N) is 2. The van der Waals surface area contributed by atoms with Gasteiger partial charge in [0, 0.05) is 6.07 Å². The molecule has 2 aromatic heterocycles. The molecule has 0 amide bonds. The maximum atomic E-state index is 5.51. The van der Waals surface area contributed by atoms with Crippen LogP contribution >= 0.6 is 0 Å². The van der Waals surface area contributed by atoms with Crippen molar-refractivity contribution in [2.45, 2.75) is 0 Å². The van der Waals surface area contributed by atoms with E-state index in [2.05, 4.69) is 20.5 Å². The number of nitrogens with two attached hydrogens (primary N) is 1. The van der Waals surface area contributed by atoms with E-state index in [1.165, 1.54) is 0 Å². The number of aromatic nitrogens is 3. The second kappa shape index (κ2) is 3.14. The van der Waals surface area contributed by atoms with E-state index >= 15 is 0 Å². The van der Waals surface area contributed by atoms with Crippen LogP contribution in [0.5, 0.6) is 0 Å². The van der Waals surface area contributed by atoms with Gasteiger partial charge in [0.15, 0.2) is 0 Å². The summed E-state index contributed by atoms with van der Waals surface area (Å²) in [5.74, 6) is 1.98. The first-order valence-electron chi connectivity index (χ1n) is 3.83. The lowest BCUT2D eigenvalue weighted by Crippen LogP contribution is -1.96. The van der Waals surface area contributed by atoms with Gasteiger partial charge in [-0.3, -0.25) is 5.10 Å². The van der Waals surface area contributed by atoms with E-state index < -0.39 is 0 Å². The Morgan fingerprint density at radius 1 is 1.31 bits per heavy atom. The molecule has 5 nitrogen and oxygen atoms in total. The topological polar surface area (TPSA) is 79.6 Å². The third-order valence-electron chi connectivity index (χ3n) is 1.53. The van der Waals surface area contributed by atoms with Crippen LogP contribution in [0.15, 0.2) is 30.5 Å². The van der Waals surface area contributed by atoms with Crippen molar-refractivity contribution in [1.82, 2.24) is 15.2 Å². The quantitative estimate of drug-likeness (QED) is 0.639. The molecule has 0 saturated heterocycles. The maximum Gasteiger partial charge on any atom is 0.133 e. The summed E-state index contributed by atoms with van der Waals surface area (Å²) < 4.78 is 0. The van der Waals surface area contributed by atoms with Gasteiger partial charge < -0.3 is 11.1 Å². The summed E-state index contributed by atoms with van der Waals surface area (Å²) in [4.78, 5) is 4.07. The van der Waals surface area contributed by atoms with Crippen LogP contribution < -0.4 is 11.1 Å². The molecule has 4 N–H and O–H groups in total. The molecule has 0 saturated carbocycles. The summed E-state index contributed by atoms with van der Waals surface area (Å²) in [6.45, 7) is 0. The number of aromatic amines is 1. The Morgan fingerprint density at radius 3 is 2.92 bits per heavy atom. The van der Waals surface area contributed by atoms with Crippen LogP contribution in [0.25, 0.3) is 0 Å². The van der Waals surface area contributed by atoms with Crippen LogP contribution in [-0.2, 0) is 0 Å². The van der Waals surface area contributed by atoms with E-state index in [0.717, 1.165) is 5.82 Å². The molecular weight excluding hydrogens is 166 g/mol. The van der Waals surface area contributed by atoms with Gasteiger partial charge in [-0.25, -0.2) is 4.98 Å². The molecule has 13 heavy (non-hydrogen) atoms. The molecule has 2 aromatic rings. The molecule has 0 spiro atoms. The lowest BCUT2D eigenvalue weighted by molar-refractivity contribution is 1.09. The highest BCUT2D eigenvalue weighted by Crippen LogP contribution is 2.11. The molecule has 0 radical (unpaired) electrons. The summed E-state index contributed by atoms with van der Waals surface area (Å²) in [6, 6.07) is 7.21. The van der Waals surface area contributed by atoms with Crippen LogP contribution in [0, 0.1) is 0 Å². The smallest absolute Gasteiger partial charge is 0.133 e. The number of rotatable bonds is 2. The first kappa shape index (κ1) is 7.60. The van der Waals surface area contributed by atoms with Crippen molar-refractivity contribution in [2.24, 2.45) is 0 Å². The van der Waals surface area contributed by atoms with Crippen LogP contribution in [0.1, 0.15) is 0 Å². The van der Waals surface area contributed by atoms with E-state index in [0.29, 0.717) is 11.6 Å². The minimum absolute atomic E-state index is 0.490. The normalized spacial score (nSPS) is 9.85. The van der Waals surface area contributed by atoms with Gasteiger partial charge in [0.1, 0.15) is 17.5 Å². The zero-order chi connectivity index (χ0) is 9.10. The molecule has 0 aliphatic heterocycles. The molecule has 0 bridgehead atoms. The molecule has 5 heteroatoms. The number of H-pyrrole nitrogens is 1. The van der Waals surface area contributed by atoms with Gasteiger partial charge in [0.05, 0.1) is 6.20 Å². The zero-order valence-corrected chi connectivity index (χ0v) is 6.86. The zero-order valence-electron chi connectivity index (χ0n) is 6.86. The second-order valence-corrected chi connectivity index (χ2v) is 2.54. The molecular formula is C8H9N5. The molecule has 66 valence electrons. The summed E-state index contributed by atoms with van der Waals surface area (Å²) >= 11 is 0. The van der Waals surface area contributed by atoms with Crippen LogP contribution in [0.4, 0.5) is 17.5 Å². The molecule has 2 rings (SSSR count). The maximum absolute atomic E-state index is 5.51. The number of hydrogen-bond donors (Lipinski definition) is 3. The molecule has 0 aliphatic carbocycles. The Balaban J connectivity index is 2.19. The fourth-order valence-corrected chi connectivity index (χ4v) is 0.985. The Bertz CT molecular complexity index is 381. The Morgan fingerprint density at radius 2 is 2.23 bits per heavy atom. The standard InChI is InChI=1S/C8H9N5/c9-6-2-1-3-7(11-6)12-8-4-5-10-13-8/h1-5H,(H4,9,10,11,12,13). The molecule has 0 fully saturated rings. The third-order valence-corrected chi connectivity index (χ3v) is 1.53. The Hall–Kier alpha value is -2.04. The molecule has 2 heterocycles. The SMILES string of the molecule is Nc1cccc(Nc2ccn[nH]2)n1.